The Hall–Kier alpha value is -2.08. The third kappa shape index (κ3) is 2.73. The molecule has 1 atom stereocenters. The molecule has 0 spiro atoms. The van der Waals surface area contributed by atoms with Crippen molar-refractivity contribution in [3.05, 3.63) is 30.3 Å². The number of amides is 2. The topological polar surface area (TPSA) is 78.9 Å². The number of hydrogen-bond donors (Lipinski definition) is 2. The SMILES string of the molecule is O=C(COc1ccccc1)N[C@@H]1CN(O)C1=O. The fourth-order valence-corrected chi connectivity index (χ4v) is 1.42. The largest absolute Gasteiger partial charge is 0.484 e. The van der Waals surface area contributed by atoms with Crippen molar-refractivity contribution < 1.29 is 19.5 Å². The minimum Gasteiger partial charge on any atom is -0.484 e. The van der Waals surface area contributed by atoms with E-state index in [4.69, 9.17) is 9.94 Å². The monoisotopic (exact) mass is 236 g/mol. The molecule has 1 saturated heterocycles. The number of ether oxygens (including phenoxy) is 1. The summed E-state index contributed by atoms with van der Waals surface area (Å²) >= 11 is 0. The molecule has 0 bridgehead atoms. The molecule has 2 N–H and O–H groups in total. The summed E-state index contributed by atoms with van der Waals surface area (Å²) in [5, 5.41) is 11.8. The van der Waals surface area contributed by atoms with Crippen molar-refractivity contribution in [2.24, 2.45) is 0 Å². The smallest absolute Gasteiger partial charge is 0.270 e. The summed E-state index contributed by atoms with van der Waals surface area (Å²) < 4.78 is 5.20. The van der Waals surface area contributed by atoms with Crippen LogP contribution in [-0.4, -0.2) is 41.3 Å². The molecule has 0 radical (unpaired) electrons. The number of carbonyl (C=O) groups is 2. The summed E-state index contributed by atoms with van der Waals surface area (Å²) in [6.07, 6.45) is 0. The summed E-state index contributed by atoms with van der Waals surface area (Å²) in [7, 11) is 0. The molecule has 0 aliphatic carbocycles. The first kappa shape index (κ1) is 11.4. The molecule has 1 aromatic rings. The first-order valence-corrected chi connectivity index (χ1v) is 5.14. The first-order chi connectivity index (χ1) is 8.16. The molecule has 6 nitrogen and oxygen atoms in total. The van der Waals surface area contributed by atoms with Gasteiger partial charge in [-0.25, -0.2) is 5.06 Å². The molecular weight excluding hydrogens is 224 g/mol. The molecule has 1 aromatic carbocycles. The van der Waals surface area contributed by atoms with E-state index in [0.717, 1.165) is 0 Å². The number of nitrogens with one attached hydrogen (secondary N) is 1. The van der Waals surface area contributed by atoms with Gasteiger partial charge in [0.05, 0.1) is 6.54 Å². The Kier molecular flexibility index (Phi) is 3.24. The van der Waals surface area contributed by atoms with E-state index in [-0.39, 0.29) is 19.1 Å². The Morgan fingerprint density at radius 2 is 2.18 bits per heavy atom. The lowest BCUT2D eigenvalue weighted by Gasteiger charge is -2.33. The van der Waals surface area contributed by atoms with Crippen LogP contribution in [0.2, 0.25) is 0 Å². The molecule has 2 rings (SSSR count). The van der Waals surface area contributed by atoms with E-state index in [1.165, 1.54) is 0 Å². The maximum atomic E-state index is 11.4. The van der Waals surface area contributed by atoms with Gasteiger partial charge in [-0.15, -0.1) is 0 Å². The van der Waals surface area contributed by atoms with Crippen molar-refractivity contribution in [1.82, 2.24) is 10.4 Å². The highest BCUT2D eigenvalue weighted by atomic mass is 16.5. The molecule has 0 saturated carbocycles. The molecule has 0 aromatic heterocycles. The van der Waals surface area contributed by atoms with Gasteiger partial charge in [0.15, 0.2) is 6.61 Å². The van der Waals surface area contributed by atoms with Crippen LogP contribution in [0.4, 0.5) is 0 Å². The van der Waals surface area contributed by atoms with Gasteiger partial charge in [0.2, 0.25) is 0 Å². The van der Waals surface area contributed by atoms with Gasteiger partial charge < -0.3 is 10.1 Å². The normalized spacial score (nSPS) is 18.5. The van der Waals surface area contributed by atoms with Crippen LogP contribution in [0, 0.1) is 0 Å². The van der Waals surface area contributed by atoms with E-state index in [1.54, 1.807) is 24.3 Å². The van der Waals surface area contributed by atoms with Gasteiger partial charge in [-0.2, -0.15) is 0 Å². The lowest BCUT2D eigenvalue weighted by Crippen LogP contribution is -2.62. The Labute approximate surface area is 97.7 Å². The van der Waals surface area contributed by atoms with Crippen molar-refractivity contribution >= 4 is 11.8 Å². The number of hydrogen-bond acceptors (Lipinski definition) is 4. The molecular formula is C11H12N2O4. The van der Waals surface area contributed by atoms with Crippen LogP contribution in [0.3, 0.4) is 0 Å². The quantitative estimate of drug-likeness (QED) is 0.559. The molecule has 2 amide bonds. The maximum Gasteiger partial charge on any atom is 0.270 e. The first-order valence-electron chi connectivity index (χ1n) is 5.14. The molecule has 1 heterocycles. The third-order valence-electron chi connectivity index (χ3n) is 2.36. The Balaban J connectivity index is 1.73. The number of β-lactam (4-membered cyclic amide) rings is 1. The van der Waals surface area contributed by atoms with Crippen LogP contribution in [0.5, 0.6) is 5.75 Å². The number of carbonyl (C=O) groups excluding carboxylic acids is 2. The standard InChI is InChI=1S/C11H12N2O4/c14-10(12-9-6-13(16)11(9)15)7-17-8-4-2-1-3-5-8/h1-5,9,16H,6-7H2,(H,12,14)/t9-/m1/s1. The van der Waals surface area contributed by atoms with E-state index in [9.17, 15) is 9.59 Å². The summed E-state index contributed by atoms with van der Waals surface area (Å²) in [6.45, 7) is -0.0326. The fourth-order valence-electron chi connectivity index (χ4n) is 1.42. The summed E-state index contributed by atoms with van der Waals surface area (Å²) in [6, 6.07) is 8.27. The molecule has 0 unspecified atom stereocenters. The van der Waals surface area contributed by atoms with Gasteiger partial charge in [0.25, 0.3) is 11.8 Å². The van der Waals surface area contributed by atoms with E-state index >= 15 is 0 Å². The molecule has 1 aliphatic heterocycles. The van der Waals surface area contributed by atoms with Crippen molar-refractivity contribution in [1.29, 1.82) is 0 Å². The van der Waals surface area contributed by atoms with Crippen molar-refractivity contribution in [3.8, 4) is 5.75 Å². The lowest BCUT2D eigenvalue weighted by molar-refractivity contribution is -0.191. The van der Waals surface area contributed by atoms with Crippen LogP contribution in [0.25, 0.3) is 0 Å². The molecule has 17 heavy (non-hydrogen) atoms. The zero-order chi connectivity index (χ0) is 12.3. The van der Waals surface area contributed by atoms with E-state index in [1.807, 2.05) is 6.07 Å². The van der Waals surface area contributed by atoms with E-state index < -0.39 is 11.9 Å². The highest BCUT2D eigenvalue weighted by Gasteiger charge is 2.36. The number of rotatable bonds is 4. The second-order valence-corrected chi connectivity index (χ2v) is 3.64. The Morgan fingerprint density at radius 1 is 1.47 bits per heavy atom. The predicted molar refractivity (Wildman–Crippen MR) is 57.4 cm³/mol. The van der Waals surface area contributed by atoms with Gasteiger partial charge in [-0.3, -0.25) is 14.8 Å². The second kappa shape index (κ2) is 4.84. The minimum atomic E-state index is -0.633. The number of benzene rings is 1. The van der Waals surface area contributed by atoms with Crippen LogP contribution in [0.1, 0.15) is 0 Å². The van der Waals surface area contributed by atoms with Crippen molar-refractivity contribution in [3.63, 3.8) is 0 Å². The van der Waals surface area contributed by atoms with Gasteiger partial charge in [-0.05, 0) is 12.1 Å². The minimum absolute atomic E-state index is 0.121. The summed E-state index contributed by atoms with van der Waals surface area (Å²) in [5.41, 5.74) is 0. The van der Waals surface area contributed by atoms with Gasteiger partial charge in [0.1, 0.15) is 11.8 Å². The average Bonchev–Trinajstić information content (AvgIpc) is 2.37. The summed E-state index contributed by atoms with van der Waals surface area (Å²) in [5.74, 6) is -0.301. The number of para-hydroxylation sites is 1. The maximum absolute atomic E-state index is 11.4. The molecule has 1 fully saturated rings. The van der Waals surface area contributed by atoms with Gasteiger partial charge in [-0.1, -0.05) is 18.2 Å². The highest BCUT2D eigenvalue weighted by Crippen LogP contribution is 2.08. The van der Waals surface area contributed by atoms with Crippen LogP contribution >= 0.6 is 0 Å². The van der Waals surface area contributed by atoms with Crippen LogP contribution in [0.15, 0.2) is 30.3 Å². The highest BCUT2D eigenvalue weighted by molar-refractivity contribution is 5.91. The summed E-state index contributed by atoms with van der Waals surface area (Å²) in [4.78, 5) is 22.4. The Morgan fingerprint density at radius 3 is 2.76 bits per heavy atom. The van der Waals surface area contributed by atoms with Crippen LogP contribution < -0.4 is 10.1 Å². The molecule has 6 heteroatoms. The van der Waals surface area contributed by atoms with Gasteiger partial charge >= 0.3 is 0 Å². The average molecular weight is 236 g/mol. The lowest BCUT2D eigenvalue weighted by atomic mass is 10.1. The molecule has 1 aliphatic rings. The van der Waals surface area contributed by atoms with Crippen LogP contribution in [-0.2, 0) is 9.59 Å². The second-order valence-electron chi connectivity index (χ2n) is 3.64. The van der Waals surface area contributed by atoms with Crippen molar-refractivity contribution in [2.45, 2.75) is 6.04 Å². The zero-order valence-electron chi connectivity index (χ0n) is 9.00. The number of hydroxylamine groups is 2. The molecule has 90 valence electrons. The van der Waals surface area contributed by atoms with E-state index in [0.29, 0.717) is 10.8 Å². The number of nitrogens with zero attached hydrogens (tertiary/aromatic N) is 1. The Bertz CT molecular complexity index is 421. The predicted octanol–water partition coefficient (Wildman–Crippen LogP) is -0.218. The van der Waals surface area contributed by atoms with Gasteiger partial charge in [0, 0.05) is 0 Å². The van der Waals surface area contributed by atoms with E-state index in [2.05, 4.69) is 5.32 Å². The third-order valence-corrected chi connectivity index (χ3v) is 2.36. The van der Waals surface area contributed by atoms with Crippen molar-refractivity contribution in [2.75, 3.05) is 13.2 Å². The zero-order valence-corrected chi connectivity index (χ0v) is 9.00. The fraction of sp³-hybridized carbons (Fsp3) is 0.273.